The van der Waals surface area contributed by atoms with Crippen LogP contribution in [-0.4, -0.2) is 17.0 Å². The molecular formula is C5H9IO2. The van der Waals surface area contributed by atoms with Crippen molar-refractivity contribution in [2.24, 2.45) is 0 Å². The summed E-state index contributed by atoms with van der Waals surface area (Å²) in [5.41, 5.74) is 0. The van der Waals surface area contributed by atoms with Crippen LogP contribution in [0.25, 0.3) is 0 Å². The first kappa shape index (κ1) is 6.77. The number of hydrogen-bond acceptors (Lipinski definition) is 2. The van der Waals surface area contributed by atoms with Gasteiger partial charge in [0.25, 0.3) is 0 Å². The number of rotatable bonds is 0. The van der Waals surface area contributed by atoms with Gasteiger partial charge in [0, 0.05) is 0 Å². The summed E-state index contributed by atoms with van der Waals surface area (Å²) in [6.45, 7) is 2.91. The summed E-state index contributed by atoms with van der Waals surface area (Å²) >= 11 is 2.13. The second-order valence-electron chi connectivity index (χ2n) is 1.88. The van der Waals surface area contributed by atoms with Crippen molar-refractivity contribution in [1.29, 1.82) is 0 Å². The molecule has 1 aliphatic heterocycles. The lowest BCUT2D eigenvalue weighted by Crippen LogP contribution is -2.25. The molecule has 8 heavy (non-hydrogen) atoms. The second-order valence-corrected chi connectivity index (χ2v) is 2.90. The molecular weight excluding hydrogens is 219 g/mol. The molecule has 0 spiro atoms. The Hall–Kier alpha value is 0.650. The highest BCUT2D eigenvalue weighted by molar-refractivity contribution is 14.1. The zero-order chi connectivity index (χ0) is 5.98. The minimum absolute atomic E-state index is 0.0173. The summed E-state index contributed by atoms with van der Waals surface area (Å²) in [6.07, 6.45) is 1.41. The van der Waals surface area contributed by atoms with E-state index in [0.29, 0.717) is 6.10 Å². The van der Waals surface area contributed by atoms with Gasteiger partial charge in [0.2, 0.25) is 4.30 Å². The Labute approximate surface area is 62.7 Å². The third-order valence-corrected chi connectivity index (χ3v) is 1.77. The number of alkyl halides is 1. The summed E-state index contributed by atoms with van der Waals surface area (Å²) in [5.74, 6) is 0. The molecule has 1 heterocycles. The Kier molecular flexibility index (Phi) is 2.52. The van der Waals surface area contributed by atoms with Gasteiger partial charge in [0.05, 0.1) is 12.7 Å². The number of ether oxygens (including phenoxy) is 2. The molecule has 2 nitrogen and oxygen atoms in total. The molecule has 0 aliphatic carbocycles. The van der Waals surface area contributed by atoms with Crippen molar-refractivity contribution in [3.05, 3.63) is 0 Å². The van der Waals surface area contributed by atoms with Crippen LogP contribution in [0.3, 0.4) is 0 Å². The maximum absolute atomic E-state index is 5.25. The zero-order valence-electron chi connectivity index (χ0n) is 4.76. The fourth-order valence-electron chi connectivity index (χ4n) is 0.617. The van der Waals surface area contributed by atoms with E-state index in [1.165, 1.54) is 0 Å². The van der Waals surface area contributed by atoms with Crippen molar-refractivity contribution in [2.45, 2.75) is 23.7 Å². The van der Waals surface area contributed by atoms with E-state index < -0.39 is 0 Å². The molecule has 0 aromatic heterocycles. The zero-order valence-corrected chi connectivity index (χ0v) is 6.92. The van der Waals surface area contributed by atoms with Crippen molar-refractivity contribution >= 4 is 22.6 Å². The van der Waals surface area contributed by atoms with Crippen LogP contribution in [0.1, 0.15) is 13.3 Å². The van der Waals surface area contributed by atoms with Gasteiger partial charge in [-0.05, 0) is 35.9 Å². The molecule has 0 amide bonds. The molecule has 0 N–H and O–H groups in total. The molecule has 1 aliphatic rings. The van der Waals surface area contributed by atoms with E-state index in [1.807, 2.05) is 0 Å². The summed E-state index contributed by atoms with van der Waals surface area (Å²) in [4.78, 5) is 0. The Bertz CT molecular complexity index is 68.8. The van der Waals surface area contributed by atoms with Crippen LogP contribution in [0.5, 0.6) is 0 Å². The van der Waals surface area contributed by atoms with Crippen LogP contribution >= 0.6 is 22.6 Å². The monoisotopic (exact) mass is 228 g/mol. The molecule has 1 rings (SSSR count). The van der Waals surface area contributed by atoms with E-state index in [2.05, 4.69) is 29.5 Å². The van der Waals surface area contributed by atoms with Crippen LogP contribution in [0.4, 0.5) is 0 Å². The maximum Gasteiger partial charge on any atom is 0.210 e. The normalized spacial score (nSPS) is 39.8. The topological polar surface area (TPSA) is 18.5 Å². The van der Waals surface area contributed by atoms with Gasteiger partial charge in [-0.2, -0.15) is 0 Å². The quantitative estimate of drug-likeness (QED) is 0.462. The van der Waals surface area contributed by atoms with Crippen molar-refractivity contribution in [3.8, 4) is 0 Å². The maximum atomic E-state index is 5.25. The molecule has 0 aromatic rings. The molecule has 2 atom stereocenters. The summed E-state index contributed by atoms with van der Waals surface area (Å²) in [5, 5.41) is 0. The van der Waals surface area contributed by atoms with Crippen LogP contribution in [-0.2, 0) is 9.47 Å². The summed E-state index contributed by atoms with van der Waals surface area (Å²) in [6, 6.07) is 0. The largest absolute Gasteiger partial charge is 0.344 e. The number of halogens is 1. The third-order valence-electron chi connectivity index (χ3n) is 1.11. The van der Waals surface area contributed by atoms with Gasteiger partial charge in [-0.3, -0.25) is 0 Å². The average Bonchev–Trinajstić information content (AvgIpc) is 1.64. The van der Waals surface area contributed by atoms with E-state index in [-0.39, 0.29) is 4.30 Å². The van der Waals surface area contributed by atoms with Gasteiger partial charge in [0.1, 0.15) is 0 Å². The standard InChI is InChI=1S/C5H9IO2/c1-4-2-3-7-5(6)8-4/h4-5H,2-3H2,1H3. The van der Waals surface area contributed by atoms with E-state index in [4.69, 9.17) is 9.47 Å². The van der Waals surface area contributed by atoms with Crippen molar-refractivity contribution in [2.75, 3.05) is 6.61 Å². The van der Waals surface area contributed by atoms with Crippen LogP contribution < -0.4 is 0 Å². The lowest BCUT2D eigenvalue weighted by Gasteiger charge is -2.23. The molecule has 1 saturated heterocycles. The first-order valence-electron chi connectivity index (χ1n) is 2.70. The molecule has 0 saturated carbocycles. The van der Waals surface area contributed by atoms with E-state index >= 15 is 0 Å². The Morgan fingerprint density at radius 1 is 1.62 bits per heavy atom. The SMILES string of the molecule is CC1CCOC(I)O1. The molecule has 1 fully saturated rings. The fraction of sp³-hybridized carbons (Fsp3) is 1.00. The smallest absolute Gasteiger partial charge is 0.210 e. The lowest BCUT2D eigenvalue weighted by molar-refractivity contribution is -0.146. The van der Waals surface area contributed by atoms with Gasteiger partial charge in [-0.25, -0.2) is 0 Å². The highest BCUT2D eigenvalue weighted by Crippen LogP contribution is 2.15. The first-order chi connectivity index (χ1) is 3.79. The van der Waals surface area contributed by atoms with Crippen LogP contribution in [0.15, 0.2) is 0 Å². The molecule has 0 aromatic carbocycles. The van der Waals surface area contributed by atoms with Gasteiger partial charge in [-0.15, -0.1) is 0 Å². The highest BCUT2D eigenvalue weighted by atomic mass is 127. The van der Waals surface area contributed by atoms with Crippen molar-refractivity contribution in [3.63, 3.8) is 0 Å². The van der Waals surface area contributed by atoms with Gasteiger partial charge < -0.3 is 9.47 Å². The minimum atomic E-state index is -0.0173. The molecule has 0 bridgehead atoms. The predicted octanol–water partition coefficient (Wildman–Crippen LogP) is 1.53. The number of hydrogen-bond donors (Lipinski definition) is 0. The fourth-order valence-corrected chi connectivity index (χ4v) is 1.37. The molecule has 0 radical (unpaired) electrons. The second kappa shape index (κ2) is 2.98. The van der Waals surface area contributed by atoms with Crippen molar-refractivity contribution < 1.29 is 9.47 Å². The predicted molar refractivity (Wildman–Crippen MR) is 38.9 cm³/mol. The molecule has 48 valence electrons. The Balaban J connectivity index is 2.23. The van der Waals surface area contributed by atoms with Gasteiger partial charge in [-0.1, -0.05) is 0 Å². The van der Waals surface area contributed by atoms with Crippen LogP contribution in [0, 0.1) is 0 Å². The van der Waals surface area contributed by atoms with E-state index in [0.717, 1.165) is 13.0 Å². The average molecular weight is 228 g/mol. The van der Waals surface area contributed by atoms with E-state index in [9.17, 15) is 0 Å². The Morgan fingerprint density at radius 2 is 2.38 bits per heavy atom. The van der Waals surface area contributed by atoms with Crippen LogP contribution in [0.2, 0.25) is 0 Å². The van der Waals surface area contributed by atoms with Gasteiger partial charge in [0.15, 0.2) is 0 Å². The van der Waals surface area contributed by atoms with Gasteiger partial charge >= 0.3 is 0 Å². The summed E-state index contributed by atoms with van der Waals surface area (Å²) in [7, 11) is 0. The lowest BCUT2D eigenvalue weighted by atomic mass is 10.3. The first-order valence-corrected chi connectivity index (χ1v) is 3.95. The molecule has 2 unspecified atom stereocenters. The van der Waals surface area contributed by atoms with E-state index in [1.54, 1.807) is 0 Å². The molecule has 3 heteroatoms. The highest BCUT2D eigenvalue weighted by Gasteiger charge is 2.15. The third kappa shape index (κ3) is 1.87. The Morgan fingerprint density at radius 3 is 2.75 bits per heavy atom. The summed E-state index contributed by atoms with van der Waals surface area (Å²) < 4.78 is 10.3. The minimum Gasteiger partial charge on any atom is -0.344 e. The van der Waals surface area contributed by atoms with Crippen molar-refractivity contribution in [1.82, 2.24) is 0 Å².